The molecule has 1 aliphatic heterocycles. The quantitative estimate of drug-likeness (QED) is 0.653. The van der Waals surface area contributed by atoms with E-state index in [4.69, 9.17) is 0 Å². The van der Waals surface area contributed by atoms with Gasteiger partial charge in [-0.05, 0) is 93.3 Å². The van der Waals surface area contributed by atoms with E-state index >= 15 is 0 Å². The van der Waals surface area contributed by atoms with Gasteiger partial charge in [0.05, 0.1) is 4.90 Å². The number of pyridine rings is 1. The molecular weight excluding hydrogens is 452 g/mol. The lowest BCUT2D eigenvalue weighted by atomic mass is 9.81. The van der Waals surface area contributed by atoms with E-state index in [0.717, 1.165) is 42.5 Å². The maximum Gasteiger partial charge on any atom is 0.240 e. The van der Waals surface area contributed by atoms with Crippen LogP contribution in [-0.2, 0) is 26.0 Å². The number of aryl methyl sites for hydroxylation is 1. The Morgan fingerprint density at radius 2 is 1.85 bits per heavy atom. The fourth-order valence-corrected chi connectivity index (χ4v) is 6.19. The van der Waals surface area contributed by atoms with Crippen LogP contribution < -0.4 is 14.9 Å². The van der Waals surface area contributed by atoms with Gasteiger partial charge in [-0.2, -0.15) is 0 Å². The number of carbonyl (C=O) groups excluding carboxylic acids is 2. The zero-order chi connectivity index (χ0) is 24.5. The molecule has 0 unspecified atom stereocenters. The maximum atomic E-state index is 12.9. The highest BCUT2D eigenvalue weighted by Gasteiger charge is 2.31. The zero-order valence-corrected chi connectivity index (χ0v) is 20.7. The van der Waals surface area contributed by atoms with E-state index in [1.807, 2.05) is 26.0 Å². The number of fused-ring (bicyclic) bond motifs is 1. The Morgan fingerprint density at radius 1 is 1.12 bits per heavy atom. The minimum absolute atomic E-state index is 0.0208. The van der Waals surface area contributed by atoms with E-state index < -0.39 is 10.0 Å². The lowest BCUT2D eigenvalue weighted by Gasteiger charge is -2.27. The van der Waals surface area contributed by atoms with Crippen LogP contribution in [0.5, 0.6) is 0 Å². The molecule has 182 valence electrons. The molecule has 0 spiro atoms. The van der Waals surface area contributed by atoms with Crippen LogP contribution >= 0.6 is 0 Å². The highest BCUT2D eigenvalue weighted by atomic mass is 32.2. The van der Waals surface area contributed by atoms with Crippen molar-refractivity contribution in [1.82, 2.24) is 9.71 Å². The molecule has 0 bridgehead atoms. The molecule has 34 heavy (non-hydrogen) atoms. The first-order chi connectivity index (χ1) is 16.1. The molecule has 2 amide bonds. The summed E-state index contributed by atoms with van der Waals surface area (Å²) in [4.78, 5) is 30.6. The molecule has 4 rings (SSSR count). The van der Waals surface area contributed by atoms with E-state index in [0.29, 0.717) is 18.8 Å². The Labute approximate surface area is 201 Å². The smallest absolute Gasteiger partial charge is 0.240 e. The minimum atomic E-state index is -3.65. The van der Waals surface area contributed by atoms with Crippen molar-refractivity contribution in [1.29, 1.82) is 0 Å². The second-order valence-corrected chi connectivity index (χ2v) is 11.3. The number of nitrogens with zero attached hydrogens (tertiary/aromatic N) is 2. The van der Waals surface area contributed by atoms with Crippen molar-refractivity contribution in [3.05, 3.63) is 47.7 Å². The third-order valence-corrected chi connectivity index (χ3v) is 8.28. The van der Waals surface area contributed by atoms with E-state index in [2.05, 4.69) is 15.0 Å². The molecule has 1 atom stereocenters. The van der Waals surface area contributed by atoms with Gasteiger partial charge in [0, 0.05) is 37.3 Å². The van der Waals surface area contributed by atoms with Crippen molar-refractivity contribution in [3.8, 4) is 0 Å². The number of hydrogen-bond donors (Lipinski definition) is 2. The Hall–Kier alpha value is -2.78. The Kier molecular flexibility index (Phi) is 7.04. The van der Waals surface area contributed by atoms with Crippen molar-refractivity contribution in [2.75, 3.05) is 16.8 Å². The number of benzene rings is 1. The van der Waals surface area contributed by atoms with Gasteiger partial charge < -0.3 is 10.2 Å². The van der Waals surface area contributed by atoms with Gasteiger partial charge >= 0.3 is 0 Å². The molecular formula is C25H32N4O4S. The fraction of sp³-hybridized carbons (Fsp3) is 0.480. The lowest BCUT2D eigenvalue weighted by molar-refractivity contribution is -0.121. The van der Waals surface area contributed by atoms with Gasteiger partial charge in [0.15, 0.2) is 0 Å². The highest BCUT2D eigenvalue weighted by molar-refractivity contribution is 7.89. The average molecular weight is 485 g/mol. The Balaban J connectivity index is 1.30. The van der Waals surface area contributed by atoms with Gasteiger partial charge in [0.25, 0.3) is 0 Å². The third-order valence-electron chi connectivity index (χ3n) is 6.86. The van der Waals surface area contributed by atoms with E-state index in [9.17, 15) is 18.0 Å². The SMILES string of the molecule is CC(=O)N1c2ccc(S(=O)(=O)NCC3CCC(C(=O)Nc4cc(C)ccn4)CC3)cc2C[C@@H]1C. The molecule has 2 N–H and O–H groups in total. The first-order valence-electron chi connectivity index (χ1n) is 11.8. The van der Waals surface area contributed by atoms with Gasteiger partial charge in [0.2, 0.25) is 21.8 Å². The maximum absolute atomic E-state index is 12.9. The van der Waals surface area contributed by atoms with Gasteiger partial charge in [0.1, 0.15) is 5.82 Å². The second-order valence-electron chi connectivity index (χ2n) is 9.51. The summed E-state index contributed by atoms with van der Waals surface area (Å²) in [5, 5.41) is 2.89. The molecule has 0 saturated heterocycles. The van der Waals surface area contributed by atoms with Crippen molar-refractivity contribution in [2.45, 2.75) is 63.8 Å². The molecule has 1 saturated carbocycles. The number of hydrogen-bond acceptors (Lipinski definition) is 5. The monoisotopic (exact) mass is 484 g/mol. The summed E-state index contributed by atoms with van der Waals surface area (Å²) < 4.78 is 28.6. The number of nitrogens with one attached hydrogen (secondary N) is 2. The second kappa shape index (κ2) is 9.84. The van der Waals surface area contributed by atoms with Crippen molar-refractivity contribution in [3.63, 3.8) is 0 Å². The summed E-state index contributed by atoms with van der Waals surface area (Å²) in [6, 6.07) is 8.71. The van der Waals surface area contributed by atoms with Crippen LogP contribution in [0.25, 0.3) is 0 Å². The number of aromatic nitrogens is 1. The van der Waals surface area contributed by atoms with Crippen molar-refractivity contribution >= 4 is 33.3 Å². The Bertz CT molecular complexity index is 1190. The molecule has 9 heteroatoms. The standard InChI is InChI=1S/C25H32N4O4S/c1-16-10-11-26-24(12-16)28-25(31)20-6-4-19(5-7-20)15-27-34(32,33)22-8-9-23-21(14-22)13-17(2)29(23)18(3)30/h8-12,14,17,19-20,27H,4-7,13,15H2,1-3H3,(H,26,28,31)/t17-,19?,20?/m0/s1. The topological polar surface area (TPSA) is 108 Å². The molecule has 1 fully saturated rings. The molecule has 1 aliphatic carbocycles. The summed E-state index contributed by atoms with van der Waals surface area (Å²) in [5.41, 5.74) is 2.70. The summed E-state index contributed by atoms with van der Waals surface area (Å²) in [7, 11) is -3.65. The minimum Gasteiger partial charge on any atom is -0.310 e. The van der Waals surface area contributed by atoms with Gasteiger partial charge in [-0.15, -0.1) is 0 Å². The normalized spacial score (nSPS) is 22.3. The molecule has 2 aromatic rings. The number of anilines is 2. The van der Waals surface area contributed by atoms with Crippen LogP contribution in [0.1, 0.15) is 50.7 Å². The molecule has 2 heterocycles. The van der Waals surface area contributed by atoms with Crippen molar-refractivity contribution in [2.24, 2.45) is 11.8 Å². The highest BCUT2D eigenvalue weighted by Crippen LogP contribution is 2.34. The largest absolute Gasteiger partial charge is 0.310 e. The molecule has 1 aromatic heterocycles. The van der Waals surface area contributed by atoms with E-state index in [1.165, 1.54) is 6.92 Å². The molecule has 2 aliphatic rings. The van der Waals surface area contributed by atoms with Crippen LogP contribution in [0, 0.1) is 18.8 Å². The predicted octanol–water partition coefficient (Wildman–Crippen LogP) is 3.41. The first-order valence-corrected chi connectivity index (χ1v) is 13.3. The van der Waals surface area contributed by atoms with Gasteiger partial charge in [-0.25, -0.2) is 18.1 Å². The van der Waals surface area contributed by atoms with Gasteiger partial charge in [-0.3, -0.25) is 9.59 Å². The van der Waals surface area contributed by atoms with Gasteiger partial charge in [-0.1, -0.05) is 0 Å². The number of sulfonamides is 1. The first kappa shape index (κ1) is 24.3. The van der Waals surface area contributed by atoms with E-state index in [-0.39, 0.29) is 34.6 Å². The lowest BCUT2D eigenvalue weighted by Crippen LogP contribution is -2.34. The van der Waals surface area contributed by atoms with Crippen LogP contribution in [0.3, 0.4) is 0 Å². The van der Waals surface area contributed by atoms with E-state index in [1.54, 1.807) is 29.3 Å². The van der Waals surface area contributed by atoms with Crippen LogP contribution in [0.4, 0.5) is 11.5 Å². The number of carbonyl (C=O) groups is 2. The molecule has 8 nitrogen and oxygen atoms in total. The summed E-state index contributed by atoms with van der Waals surface area (Å²) in [6.07, 6.45) is 5.34. The third kappa shape index (κ3) is 5.31. The van der Waals surface area contributed by atoms with Crippen LogP contribution in [-0.4, -0.2) is 37.8 Å². The molecule has 0 radical (unpaired) electrons. The predicted molar refractivity (Wildman–Crippen MR) is 131 cm³/mol. The summed E-state index contributed by atoms with van der Waals surface area (Å²) >= 11 is 0. The summed E-state index contributed by atoms with van der Waals surface area (Å²) in [6.45, 7) is 5.79. The summed E-state index contributed by atoms with van der Waals surface area (Å²) in [5.74, 6) is 0.607. The zero-order valence-electron chi connectivity index (χ0n) is 19.9. The van der Waals surface area contributed by atoms with Crippen LogP contribution in [0.2, 0.25) is 0 Å². The number of amides is 2. The Morgan fingerprint density at radius 3 is 2.53 bits per heavy atom. The fourth-order valence-electron chi connectivity index (χ4n) is 5.03. The average Bonchev–Trinajstić information content (AvgIpc) is 3.13. The van der Waals surface area contributed by atoms with Crippen molar-refractivity contribution < 1.29 is 18.0 Å². The number of rotatable bonds is 6. The van der Waals surface area contributed by atoms with Crippen LogP contribution in [0.15, 0.2) is 41.4 Å². The molecule has 1 aromatic carbocycles.